The molecule has 1 saturated carbocycles. The first-order valence-electron chi connectivity index (χ1n) is 6.32. The van der Waals surface area contributed by atoms with E-state index in [4.69, 9.17) is 5.11 Å². The fourth-order valence-electron chi connectivity index (χ4n) is 2.06. The zero-order valence-electron chi connectivity index (χ0n) is 10.9. The van der Waals surface area contributed by atoms with Gasteiger partial charge in [-0.05, 0) is 37.1 Å². The molecule has 0 bridgehead atoms. The SMILES string of the molecule is CN(CCc1cccs1)C(=O)NC1(C(=O)O)CCC1. The molecule has 1 aromatic rings. The fourth-order valence-corrected chi connectivity index (χ4v) is 2.76. The number of carboxylic acids is 1. The van der Waals surface area contributed by atoms with Crippen LogP contribution in [0.3, 0.4) is 0 Å². The smallest absolute Gasteiger partial charge is 0.329 e. The number of hydrogen-bond acceptors (Lipinski definition) is 3. The number of likely N-dealkylation sites (N-methyl/N-ethyl adjacent to an activating group) is 1. The van der Waals surface area contributed by atoms with Crippen molar-refractivity contribution in [3.8, 4) is 0 Å². The summed E-state index contributed by atoms with van der Waals surface area (Å²) in [6.45, 7) is 0.585. The summed E-state index contributed by atoms with van der Waals surface area (Å²) in [5, 5.41) is 13.8. The van der Waals surface area contributed by atoms with Crippen LogP contribution in [0.5, 0.6) is 0 Å². The van der Waals surface area contributed by atoms with Gasteiger partial charge in [0.25, 0.3) is 0 Å². The van der Waals surface area contributed by atoms with Crippen LogP contribution in [-0.2, 0) is 11.2 Å². The number of carbonyl (C=O) groups is 2. The Morgan fingerprint density at radius 1 is 1.53 bits per heavy atom. The summed E-state index contributed by atoms with van der Waals surface area (Å²) in [5.41, 5.74) is -1.03. The van der Waals surface area contributed by atoms with Crippen molar-refractivity contribution in [1.29, 1.82) is 0 Å². The molecule has 1 aromatic heterocycles. The van der Waals surface area contributed by atoms with Crippen molar-refractivity contribution in [2.75, 3.05) is 13.6 Å². The number of rotatable bonds is 5. The van der Waals surface area contributed by atoms with Gasteiger partial charge in [0.1, 0.15) is 5.54 Å². The van der Waals surface area contributed by atoms with E-state index in [1.165, 1.54) is 4.88 Å². The van der Waals surface area contributed by atoms with Gasteiger partial charge in [0.15, 0.2) is 0 Å². The van der Waals surface area contributed by atoms with Crippen LogP contribution in [0, 0.1) is 0 Å². The van der Waals surface area contributed by atoms with Gasteiger partial charge in [-0.2, -0.15) is 0 Å². The van der Waals surface area contributed by atoms with E-state index in [-0.39, 0.29) is 6.03 Å². The number of aliphatic carboxylic acids is 1. The van der Waals surface area contributed by atoms with Gasteiger partial charge < -0.3 is 15.3 Å². The van der Waals surface area contributed by atoms with E-state index in [0.29, 0.717) is 19.4 Å². The maximum atomic E-state index is 12.0. The predicted octanol–water partition coefficient (Wildman–Crippen LogP) is 1.94. The summed E-state index contributed by atoms with van der Waals surface area (Å²) in [5.74, 6) is -0.932. The van der Waals surface area contributed by atoms with E-state index in [1.807, 2.05) is 17.5 Å². The third kappa shape index (κ3) is 3.07. The molecule has 19 heavy (non-hydrogen) atoms. The molecule has 0 spiro atoms. The summed E-state index contributed by atoms with van der Waals surface area (Å²) in [7, 11) is 1.69. The van der Waals surface area contributed by atoms with Crippen LogP contribution in [0.2, 0.25) is 0 Å². The number of nitrogens with zero attached hydrogens (tertiary/aromatic N) is 1. The molecule has 5 nitrogen and oxygen atoms in total. The number of carbonyl (C=O) groups excluding carboxylic acids is 1. The number of urea groups is 1. The molecular weight excluding hydrogens is 264 g/mol. The Kier molecular flexibility index (Phi) is 4.09. The molecule has 1 aliphatic rings. The second-order valence-electron chi connectivity index (χ2n) is 4.92. The molecule has 6 heteroatoms. The van der Waals surface area contributed by atoms with Crippen LogP contribution in [-0.4, -0.2) is 41.1 Å². The minimum atomic E-state index is -1.03. The van der Waals surface area contributed by atoms with Crippen LogP contribution in [0.4, 0.5) is 4.79 Å². The van der Waals surface area contributed by atoms with Crippen LogP contribution < -0.4 is 5.32 Å². The monoisotopic (exact) mass is 282 g/mol. The lowest BCUT2D eigenvalue weighted by molar-refractivity contribution is -0.148. The highest BCUT2D eigenvalue weighted by atomic mass is 32.1. The molecule has 0 unspecified atom stereocenters. The average molecular weight is 282 g/mol. The minimum absolute atomic E-state index is 0.307. The van der Waals surface area contributed by atoms with Crippen molar-refractivity contribution in [3.05, 3.63) is 22.4 Å². The van der Waals surface area contributed by atoms with E-state index in [9.17, 15) is 9.59 Å². The lowest BCUT2D eigenvalue weighted by Gasteiger charge is -2.39. The Hall–Kier alpha value is -1.56. The molecule has 1 fully saturated rings. The van der Waals surface area contributed by atoms with Gasteiger partial charge in [-0.15, -0.1) is 11.3 Å². The lowest BCUT2D eigenvalue weighted by Crippen LogP contribution is -2.61. The van der Waals surface area contributed by atoms with Gasteiger partial charge in [0.2, 0.25) is 0 Å². The molecule has 0 aromatic carbocycles. The first kappa shape index (κ1) is 13.9. The molecule has 2 rings (SSSR count). The molecule has 1 heterocycles. The highest BCUT2D eigenvalue weighted by Gasteiger charge is 2.46. The van der Waals surface area contributed by atoms with Gasteiger partial charge in [-0.25, -0.2) is 9.59 Å². The van der Waals surface area contributed by atoms with Crippen molar-refractivity contribution >= 4 is 23.3 Å². The quantitative estimate of drug-likeness (QED) is 0.867. The molecule has 0 radical (unpaired) electrons. The van der Waals surface area contributed by atoms with E-state index >= 15 is 0 Å². The number of thiophene rings is 1. The van der Waals surface area contributed by atoms with Gasteiger partial charge in [0.05, 0.1) is 0 Å². The van der Waals surface area contributed by atoms with E-state index < -0.39 is 11.5 Å². The predicted molar refractivity (Wildman–Crippen MR) is 73.4 cm³/mol. The third-order valence-electron chi connectivity index (χ3n) is 3.58. The lowest BCUT2D eigenvalue weighted by atomic mass is 9.77. The summed E-state index contributed by atoms with van der Waals surface area (Å²) in [6.07, 6.45) is 2.69. The summed E-state index contributed by atoms with van der Waals surface area (Å²) >= 11 is 1.66. The Morgan fingerprint density at radius 2 is 2.26 bits per heavy atom. The first-order valence-corrected chi connectivity index (χ1v) is 7.20. The highest BCUT2D eigenvalue weighted by Crippen LogP contribution is 2.32. The fraction of sp³-hybridized carbons (Fsp3) is 0.538. The zero-order chi connectivity index (χ0) is 13.9. The zero-order valence-corrected chi connectivity index (χ0v) is 11.7. The molecule has 1 aliphatic carbocycles. The molecule has 2 N–H and O–H groups in total. The van der Waals surface area contributed by atoms with Crippen LogP contribution in [0.15, 0.2) is 17.5 Å². The van der Waals surface area contributed by atoms with Gasteiger partial charge in [0, 0.05) is 18.5 Å². The Balaban J connectivity index is 1.83. The molecule has 0 atom stereocenters. The van der Waals surface area contributed by atoms with Crippen LogP contribution in [0.25, 0.3) is 0 Å². The second-order valence-corrected chi connectivity index (χ2v) is 5.95. The van der Waals surface area contributed by atoms with Gasteiger partial charge in [-0.1, -0.05) is 6.07 Å². The van der Waals surface area contributed by atoms with Crippen LogP contribution >= 0.6 is 11.3 Å². The Bertz CT molecular complexity index is 454. The summed E-state index contributed by atoms with van der Waals surface area (Å²) < 4.78 is 0. The van der Waals surface area contributed by atoms with Crippen molar-refractivity contribution in [2.24, 2.45) is 0 Å². The molecule has 104 valence electrons. The van der Waals surface area contributed by atoms with Gasteiger partial charge in [-0.3, -0.25) is 0 Å². The van der Waals surface area contributed by atoms with Crippen molar-refractivity contribution < 1.29 is 14.7 Å². The number of nitrogens with one attached hydrogen (secondary N) is 1. The van der Waals surface area contributed by atoms with Crippen molar-refractivity contribution in [1.82, 2.24) is 10.2 Å². The maximum absolute atomic E-state index is 12.0. The van der Waals surface area contributed by atoms with Crippen molar-refractivity contribution in [2.45, 2.75) is 31.2 Å². The summed E-state index contributed by atoms with van der Waals surface area (Å²) in [4.78, 5) is 25.9. The van der Waals surface area contributed by atoms with E-state index in [2.05, 4.69) is 5.32 Å². The molecular formula is C13H18N2O3S. The number of amides is 2. The highest BCUT2D eigenvalue weighted by molar-refractivity contribution is 7.09. The number of hydrogen-bond donors (Lipinski definition) is 2. The normalized spacial score (nSPS) is 16.5. The van der Waals surface area contributed by atoms with Crippen LogP contribution in [0.1, 0.15) is 24.1 Å². The summed E-state index contributed by atoms with van der Waals surface area (Å²) in [6, 6.07) is 3.70. The largest absolute Gasteiger partial charge is 0.480 e. The van der Waals surface area contributed by atoms with Crippen molar-refractivity contribution in [3.63, 3.8) is 0 Å². The molecule has 0 saturated heterocycles. The third-order valence-corrected chi connectivity index (χ3v) is 4.52. The van der Waals surface area contributed by atoms with E-state index in [1.54, 1.807) is 23.3 Å². The maximum Gasteiger partial charge on any atom is 0.329 e. The second kappa shape index (κ2) is 5.61. The topological polar surface area (TPSA) is 69.6 Å². The Labute approximate surface area is 116 Å². The average Bonchev–Trinajstić information content (AvgIpc) is 2.82. The number of carboxylic acid groups (broad SMARTS) is 1. The molecule has 2 amide bonds. The van der Waals surface area contributed by atoms with Gasteiger partial charge >= 0.3 is 12.0 Å². The first-order chi connectivity index (χ1) is 9.03. The Morgan fingerprint density at radius 3 is 2.74 bits per heavy atom. The standard InChI is InChI=1S/C13H18N2O3S/c1-15(8-5-10-4-2-9-19-10)12(18)14-13(11(16)17)6-3-7-13/h2,4,9H,3,5-8H2,1H3,(H,14,18)(H,16,17). The minimum Gasteiger partial charge on any atom is -0.480 e. The molecule has 0 aliphatic heterocycles. The van der Waals surface area contributed by atoms with E-state index in [0.717, 1.165) is 12.8 Å².